The quantitative estimate of drug-likeness (QED) is 0.616. The Morgan fingerprint density at radius 2 is 2.00 bits per heavy atom. The molecule has 3 aromatic rings. The second kappa shape index (κ2) is 7.87. The molecule has 3 heterocycles. The maximum absolute atomic E-state index is 12.1. The highest BCUT2D eigenvalue weighted by Gasteiger charge is 2.24. The molecule has 0 aromatic carbocycles. The van der Waals surface area contributed by atoms with Gasteiger partial charge in [-0.1, -0.05) is 0 Å². The molecular weight excluding hydrogens is 386 g/mol. The average molecular weight is 407 g/mol. The number of hydrogen-bond acceptors (Lipinski definition) is 7. The standard InChI is InChI=1S/C21H21N5O2S/c27-21(24-10-13-1-2-13)14-3-4-15(22-11-14)9-19-25-20(26-29-19)18-8-7-17(12-23-18)28-16-5-6-16/h3-4,7-8,11-13,16H,1-2,5-6,9-10H2,(H,24,27). The Morgan fingerprint density at radius 1 is 1.10 bits per heavy atom. The van der Waals surface area contributed by atoms with Gasteiger partial charge < -0.3 is 10.1 Å². The van der Waals surface area contributed by atoms with Crippen LogP contribution in [0.5, 0.6) is 5.75 Å². The summed E-state index contributed by atoms with van der Waals surface area (Å²) in [5.41, 5.74) is 2.17. The normalized spacial score (nSPS) is 15.9. The fourth-order valence-electron chi connectivity index (χ4n) is 2.87. The molecule has 0 atom stereocenters. The van der Waals surface area contributed by atoms with Gasteiger partial charge in [0.15, 0.2) is 5.82 Å². The summed E-state index contributed by atoms with van der Waals surface area (Å²) >= 11 is 1.34. The molecule has 0 spiro atoms. The number of amides is 1. The second-order valence-corrected chi connectivity index (χ2v) is 8.41. The molecule has 0 saturated heterocycles. The summed E-state index contributed by atoms with van der Waals surface area (Å²) in [5, 5.41) is 3.81. The van der Waals surface area contributed by atoms with Crippen LogP contribution < -0.4 is 10.1 Å². The summed E-state index contributed by atoms with van der Waals surface area (Å²) in [6.45, 7) is 0.760. The minimum atomic E-state index is -0.0608. The molecule has 29 heavy (non-hydrogen) atoms. The van der Waals surface area contributed by atoms with Crippen molar-refractivity contribution in [3.8, 4) is 17.3 Å². The smallest absolute Gasteiger partial charge is 0.252 e. The van der Waals surface area contributed by atoms with E-state index < -0.39 is 0 Å². The van der Waals surface area contributed by atoms with Crippen molar-refractivity contribution in [1.29, 1.82) is 0 Å². The van der Waals surface area contributed by atoms with Crippen LogP contribution in [0, 0.1) is 5.92 Å². The second-order valence-electron chi connectivity index (χ2n) is 7.58. The number of hydrogen-bond donors (Lipinski definition) is 1. The van der Waals surface area contributed by atoms with E-state index in [-0.39, 0.29) is 5.91 Å². The Hall–Kier alpha value is -2.87. The van der Waals surface area contributed by atoms with Crippen LogP contribution in [0.1, 0.15) is 46.7 Å². The minimum Gasteiger partial charge on any atom is -0.489 e. The lowest BCUT2D eigenvalue weighted by molar-refractivity contribution is 0.0951. The lowest BCUT2D eigenvalue weighted by Gasteiger charge is -2.04. The molecule has 8 heteroatoms. The fraction of sp³-hybridized carbons (Fsp3) is 0.381. The minimum absolute atomic E-state index is 0.0608. The molecule has 2 saturated carbocycles. The largest absolute Gasteiger partial charge is 0.489 e. The number of pyridine rings is 2. The van der Waals surface area contributed by atoms with Gasteiger partial charge >= 0.3 is 0 Å². The van der Waals surface area contributed by atoms with E-state index in [9.17, 15) is 4.79 Å². The molecule has 0 bridgehead atoms. The van der Waals surface area contributed by atoms with Crippen LogP contribution in [-0.4, -0.2) is 37.9 Å². The SMILES string of the molecule is O=C(NCC1CC1)c1ccc(Cc2nc(-c3ccc(OC4CC4)cn3)ns2)nc1. The van der Waals surface area contributed by atoms with Crippen molar-refractivity contribution in [3.63, 3.8) is 0 Å². The zero-order valence-electron chi connectivity index (χ0n) is 15.9. The Kier molecular flexibility index (Phi) is 4.93. The number of rotatable bonds is 8. The third-order valence-electron chi connectivity index (χ3n) is 4.93. The van der Waals surface area contributed by atoms with Gasteiger partial charge in [0.2, 0.25) is 0 Å². The molecule has 7 nitrogen and oxygen atoms in total. The third-order valence-corrected chi connectivity index (χ3v) is 5.64. The van der Waals surface area contributed by atoms with Crippen LogP contribution in [0.15, 0.2) is 36.7 Å². The van der Waals surface area contributed by atoms with Crippen LogP contribution in [0.25, 0.3) is 11.5 Å². The van der Waals surface area contributed by atoms with E-state index in [1.807, 2.05) is 24.3 Å². The first-order chi connectivity index (χ1) is 14.2. The zero-order chi connectivity index (χ0) is 19.6. The van der Waals surface area contributed by atoms with Crippen molar-refractivity contribution in [2.45, 2.75) is 38.2 Å². The molecule has 2 aliphatic carbocycles. The van der Waals surface area contributed by atoms with Gasteiger partial charge in [-0.2, -0.15) is 4.37 Å². The van der Waals surface area contributed by atoms with E-state index in [0.29, 0.717) is 29.8 Å². The summed E-state index contributed by atoms with van der Waals surface area (Å²) in [7, 11) is 0. The van der Waals surface area contributed by atoms with E-state index in [0.717, 1.165) is 41.5 Å². The van der Waals surface area contributed by atoms with Crippen molar-refractivity contribution >= 4 is 17.4 Å². The Bertz CT molecular complexity index is 995. The fourth-order valence-corrected chi connectivity index (χ4v) is 3.54. The average Bonchev–Trinajstić information content (AvgIpc) is 3.68. The Labute approximate surface area is 172 Å². The monoisotopic (exact) mass is 407 g/mol. The van der Waals surface area contributed by atoms with Gasteiger partial charge in [-0.25, -0.2) is 9.97 Å². The van der Waals surface area contributed by atoms with Crippen LogP contribution >= 0.6 is 11.5 Å². The molecule has 3 aromatic heterocycles. The summed E-state index contributed by atoms with van der Waals surface area (Å²) in [6.07, 6.45) is 8.96. The number of carbonyl (C=O) groups excluding carboxylic acids is 1. The molecule has 1 amide bonds. The van der Waals surface area contributed by atoms with Gasteiger partial charge in [0.1, 0.15) is 16.5 Å². The van der Waals surface area contributed by atoms with Crippen LogP contribution in [0.3, 0.4) is 0 Å². The zero-order valence-corrected chi connectivity index (χ0v) is 16.7. The predicted molar refractivity (Wildman–Crippen MR) is 109 cm³/mol. The van der Waals surface area contributed by atoms with Gasteiger partial charge in [-0.3, -0.25) is 9.78 Å². The molecule has 0 radical (unpaired) electrons. The maximum Gasteiger partial charge on any atom is 0.252 e. The lowest BCUT2D eigenvalue weighted by atomic mass is 10.2. The predicted octanol–water partition coefficient (Wildman–Crippen LogP) is 3.27. The van der Waals surface area contributed by atoms with Crippen LogP contribution in [-0.2, 0) is 6.42 Å². The summed E-state index contributed by atoms with van der Waals surface area (Å²) < 4.78 is 10.1. The van der Waals surface area contributed by atoms with Crippen molar-refractivity contribution in [3.05, 3.63) is 52.9 Å². The Morgan fingerprint density at radius 3 is 2.69 bits per heavy atom. The van der Waals surface area contributed by atoms with Crippen molar-refractivity contribution < 1.29 is 9.53 Å². The van der Waals surface area contributed by atoms with Crippen LogP contribution in [0.2, 0.25) is 0 Å². The first-order valence-corrected chi connectivity index (χ1v) is 10.7. The summed E-state index contributed by atoms with van der Waals surface area (Å²) in [5.74, 6) is 2.00. The van der Waals surface area contributed by atoms with Crippen molar-refractivity contribution in [2.75, 3.05) is 6.54 Å². The van der Waals surface area contributed by atoms with E-state index in [1.54, 1.807) is 12.4 Å². The molecule has 2 fully saturated rings. The van der Waals surface area contributed by atoms with Crippen LogP contribution in [0.4, 0.5) is 0 Å². The number of nitrogens with one attached hydrogen (secondary N) is 1. The highest BCUT2D eigenvalue weighted by molar-refractivity contribution is 7.05. The van der Waals surface area contributed by atoms with Gasteiger partial charge in [-0.05, 0) is 67.4 Å². The summed E-state index contributed by atoms with van der Waals surface area (Å²) in [4.78, 5) is 25.5. The number of carbonyl (C=O) groups is 1. The number of nitrogens with zero attached hydrogens (tertiary/aromatic N) is 4. The maximum atomic E-state index is 12.1. The Balaban J connectivity index is 1.19. The first kappa shape index (κ1) is 18.2. The third kappa shape index (κ3) is 4.76. The summed E-state index contributed by atoms with van der Waals surface area (Å²) in [6, 6.07) is 7.48. The molecule has 5 rings (SSSR count). The number of ether oxygens (including phenoxy) is 1. The number of aromatic nitrogens is 4. The molecule has 0 aliphatic heterocycles. The van der Waals surface area contributed by atoms with Crippen molar-refractivity contribution in [2.24, 2.45) is 5.92 Å². The van der Waals surface area contributed by atoms with E-state index in [2.05, 4.69) is 24.6 Å². The first-order valence-electron chi connectivity index (χ1n) is 9.92. The molecule has 1 N–H and O–H groups in total. The van der Waals surface area contributed by atoms with E-state index in [4.69, 9.17) is 4.74 Å². The molecule has 0 unspecified atom stereocenters. The molecule has 148 valence electrons. The highest BCUT2D eigenvalue weighted by Crippen LogP contribution is 2.28. The van der Waals surface area contributed by atoms with Gasteiger partial charge in [-0.15, -0.1) is 0 Å². The highest BCUT2D eigenvalue weighted by atomic mass is 32.1. The lowest BCUT2D eigenvalue weighted by Crippen LogP contribution is -2.25. The van der Waals surface area contributed by atoms with E-state index in [1.165, 1.54) is 24.4 Å². The molecular formula is C21H21N5O2S. The topological polar surface area (TPSA) is 89.9 Å². The van der Waals surface area contributed by atoms with Gasteiger partial charge in [0.25, 0.3) is 5.91 Å². The van der Waals surface area contributed by atoms with Crippen molar-refractivity contribution in [1.82, 2.24) is 24.6 Å². The van der Waals surface area contributed by atoms with Gasteiger partial charge in [0.05, 0.1) is 17.9 Å². The van der Waals surface area contributed by atoms with E-state index >= 15 is 0 Å². The molecule has 2 aliphatic rings. The van der Waals surface area contributed by atoms with Gasteiger partial charge in [0, 0.05) is 24.9 Å².